The Morgan fingerprint density at radius 1 is 1.35 bits per heavy atom. The molecule has 0 unspecified atom stereocenters. The molecule has 0 aliphatic carbocycles. The van der Waals surface area contributed by atoms with Gasteiger partial charge in [0.2, 0.25) is 0 Å². The molecule has 2 rings (SSSR count). The molecule has 108 valence electrons. The number of benzene rings is 1. The van der Waals surface area contributed by atoms with Gasteiger partial charge in [0.15, 0.2) is 0 Å². The lowest BCUT2D eigenvalue weighted by Gasteiger charge is -2.14. The molecule has 1 N–H and O–H groups in total. The maximum absolute atomic E-state index is 6.01. The van der Waals surface area contributed by atoms with Gasteiger partial charge < -0.3 is 10.1 Å². The van der Waals surface area contributed by atoms with Crippen molar-refractivity contribution in [2.75, 3.05) is 6.54 Å². The Morgan fingerprint density at radius 2 is 2.15 bits per heavy atom. The van der Waals surface area contributed by atoms with Gasteiger partial charge in [0.05, 0.1) is 0 Å². The third kappa shape index (κ3) is 4.04. The van der Waals surface area contributed by atoms with E-state index in [4.69, 9.17) is 4.74 Å². The highest BCUT2D eigenvalue weighted by Gasteiger charge is 2.10. The van der Waals surface area contributed by atoms with Gasteiger partial charge in [-0.05, 0) is 38.1 Å². The minimum Gasteiger partial charge on any atom is -0.486 e. The van der Waals surface area contributed by atoms with Crippen molar-refractivity contribution >= 4 is 27.3 Å². The fourth-order valence-electron chi connectivity index (χ4n) is 2.00. The molecule has 0 saturated carbocycles. The summed E-state index contributed by atoms with van der Waals surface area (Å²) >= 11 is 5.19. The molecular formula is C15H19BrN2OS. The second-order valence-electron chi connectivity index (χ2n) is 4.66. The Labute approximate surface area is 132 Å². The largest absolute Gasteiger partial charge is 0.486 e. The first-order chi connectivity index (χ1) is 9.60. The fraction of sp³-hybridized carbons (Fsp3) is 0.400. The van der Waals surface area contributed by atoms with Crippen LogP contribution in [0, 0.1) is 13.8 Å². The van der Waals surface area contributed by atoms with E-state index in [1.165, 1.54) is 5.56 Å². The number of aryl methyl sites for hydroxylation is 2. The van der Waals surface area contributed by atoms with Crippen molar-refractivity contribution in [3.05, 3.63) is 43.8 Å². The highest BCUT2D eigenvalue weighted by Crippen LogP contribution is 2.29. The molecule has 5 heteroatoms. The molecule has 0 spiro atoms. The predicted octanol–water partition coefficient (Wildman–Crippen LogP) is 4.21. The number of thiazole rings is 1. The van der Waals surface area contributed by atoms with Gasteiger partial charge in [0.1, 0.15) is 17.4 Å². The lowest BCUT2D eigenvalue weighted by Crippen LogP contribution is -2.13. The summed E-state index contributed by atoms with van der Waals surface area (Å²) in [6, 6.07) is 4.19. The SMILES string of the molecule is CCNCc1cc(Br)cc(C)c1OCc1nc(C)cs1. The smallest absolute Gasteiger partial charge is 0.140 e. The second kappa shape index (κ2) is 7.20. The number of aromatic nitrogens is 1. The molecule has 0 saturated heterocycles. The molecule has 20 heavy (non-hydrogen) atoms. The van der Waals surface area contributed by atoms with Crippen molar-refractivity contribution in [2.24, 2.45) is 0 Å². The molecule has 1 aromatic carbocycles. The molecule has 0 amide bonds. The third-order valence-corrected chi connectivity index (χ3v) is 4.29. The maximum atomic E-state index is 6.01. The van der Waals surface area contributed by atoms with Gasteiger partial charge in [-0.1, -0.05) is 22.9 Å². The van der Waals surface area contributed by atoms with Gasteiger partial charge in [0, 0.05) is 27.7 Å². The van der Waals surface area contributed by atoms with Crippen LogP contribution in [-0.4, -0.2) is 11.5 Å². The first-order valence-corrected chi connectivity index (χ1v) is 8.31. The van der Waals surface area contributed by atoms with E-state index in [9.17, 15) is 0 Å². The summed E-state index contributed by atoms with van der Waals surface area (Å²) in [5, 5.41) is 6.41. The molecule has 0 atom stereocenters. The summed E-state index contributed by atoms with van der Waals surface area (Å²) in [4.78, 5) is 4.43. The molecule has 1 heterocycles. The van der Waals surface area contributed by atoms with Crippen molar-refractivity contribution in [1.29, 1.82) is 0 Å². The van der Waals surface area contributed by atoms with E-state index in [1.807, 2.05) is 12.3 Å². The van der Waals surface area contributed by atoms with Gasteiger partial charge in [-0.2, -0.15) is 0 Å². The quantitative estimate of drug-likeness (QED) is 0.843. The van der Waals surface area contributed by atoms with Crippen LogP contribution >= 0.6 is 27.3 Å². The van der Waals surface area contributed by atoms with Crippen LogP contribution < -0.4 is 10.1 Å². The van der Waals surface area contributed by atoms with E-state index in [0.717, 1.165) is 39.6 Å². The molecule has 0 radical (unpaired) electrons. The summed E-state index contributed by atoms with van der Waals surface area (Å²) in [7, 11) is 0. The lowest BCUT2D eigenvalue weighted by molar-refractivity contribution is 0.299. The number of hydrogen-bond acceptors (Lipinski definition) is 4. The van der Waals surface area contributed by atoms with Crippen LogP contribution in [0.25, 0.3) is 0 Å². The van der Waals surface area contributed by atoms with Gasteiger partial charge in [-0.15, -0.1) is 11.3 Å². The third-order valence-electron chi connectivity index (χ3n) is 2.89. The van der Waals surface area contributed by atoms with Crippen LogP contribution in [0.2, 0.25) is 0 Å². The minimum atomic E-state index is 0.528. The maximum Gasteiger partial charge on any atom is 0.140 e. The van der Waals surface area contributed by atoms with E-state index in [0.29, 0.717) is 6.61 Å². The van der Waals surface area contributed by atoms with Gasteiger partial charge >= 0.3 is 0 Å². The van der Waals surface area contributed by atoms with Crippen molar-refractivity contribution in [2.45, 2.75) is 33.9 Å². The summed E-state index contributed by atoms with van der Waals surface area (Å²) in [6.07, 6.45) is 0. The molecular weight excluding hydrogens is 336 g/mol. The molecule has 0 fully saturated rings. The van der Waals surface area contributed by atoms with E-state index >= 15 is 0 Å². The zero-order valence-corrected chi connectivity index (χ0v) is 14.4. The van der Waals surface area contributed by atoms with Gasteiger partial charge in [-0.25, -0.2) is 4.98 Å². The Balaban J connectivity index is 2.16. The van der Waals surface area contributed by atoms with E-state index < -0.39 is 0 Å². The fourth-order valence-corrected chi connectivity index (χ4v) is 3.30. The average molecular weight is 355 g/mol. The van der Waals surface area contributed by atoms with Crippen molar-refractivity contribution in [1.82, 2.24) is 10.3 Å². The lowest BCUT2D eigenvalue weighted by atomic mass is 10.1. The minimum absolute atomic E-state index is 0.528. The Bertz CT molecular complexity index is 583. The average Bonchev–Trinajstić information content (AvgIpc) is 2.80. The Kier molecular flexibility index (Phi) is 5.57. The van der Waals surface area contributed by atoms with Crippen molar-refractivity contribution in [3.8, 4) is 5.75 Å². The number of hydrogen-bond donors (Lipinski definition) is 1. The zero-order chi connectivity index (χ0) is 14.5. The Hall–Kier alpha value is -0.910. The highest BCUT2D eigenvalue weighted by atomic mass is 79.9. The molecule has 0 bridgehead atoms. The normalized spacial score (nSPS) is 10.8. The second-order valence-corrected chi connectivity index (χ2v) is 6.52. The van der Waals surface area contributed by atoms with E-state index in [1.54, 1.807) is 11.3 Å². The monoisotopic (exact) mass is 354 g/mol. The summed E-state index contributed by atoms with van der Waals surface area (Å²) in [5.74, 6) is 0.960. The number of nitrogens with zero attached hydrogens (tertiary/aromatic N) is 1. The van der Waals surface area contributed by atoms with Crippen LogP contribution in [0.4, 0.5) is 0 Å². The standard InChI is InChI=1S/C15H19BrN2OS/c1-4-17-7-12-6-13(16)5-10(2)15(12)19-8-14-18-11(3)9-20-14/h5-6,9,17H,4,7-8H2,1-3H3. The molecule has 3 nitrogen and oxygen atoms in total. The first-order valence-electron chi connectivity index (χ1n) is 6.63. The summed E-state index contributed by atoms with van der Waals surface area (Å²) in [6.45, 7) is 8.45. The van der Waals surface area contributed by atoms with E-state index in [-0.39, 0.29) is 0 Å². The number of rotatable bonds is 6. The Morgan fingerprint density at radius 3 is 2.80 bits per heavy atom. The molecule has 1 aromatic heterocycles. The number of nitrogens with one attached hydrogen (secondary N) is 1. The van der Waals surface area contributed by atoms with Crippen LogP contribution in [0.15, 0.2) is 22.0 Å². The van der Waals surface area contributed by atoms with Crippen LogP contribution in [0.3, 0.4) is 0 Å². The van der Waals surface area contributed by atoms with Gasteiger partial charge in [-0.3, -0.25) is 0 Å². The van der Waals surface area contributed by atoms with Crippen LogP contribution in [0.5, 0.6) is 5.75 Å². The molecule has 2 aromatic rings. The van der Waals surface area contributed by atoms with Crippen LogP contribution in [-0.2, 0) is 13.2 Å². The number of ether oxygens (including phenoxy) is 1. The predicted molar refractivity (Wildman–Crippen MR) is 87.4 cm³/mol. The highest BCUT2D eigenvalue weighted by molar-refractivity contribution is 9.10. The topological polar surface area (TPSA) is 34.1 Å². The van der Waals surface area contributed by atoms with Gasteiger partial charge in [0.25, 0.3) is 0 Å². The summed E-state index contributed by atoms with van der Waals surface area (Å²) in [5.41, 5.74) is 3.36. The van der Waals surface area contributed by atoms with Crippen molar-refractivity contribution < 1.29 is 4.74 Å². The first kappa shape index (κ1) is 15.5. The molecule has 0 aliphatic heterocycles. The summed E-state index contributed by atoms with van der Waals surface area (Å²) < 4.78 is 7.09. The van der Waals surface area contributed by atoms with Crippen LogP contribution in [0.1, 0.15) is 28.8 Å². The molecule has 0 aliphatic rings. The zero-order valence-electron chi connectivity index (χ0n) is 12.0. The number of halogens is 1. The van der Waals surface area contributed by atoms with Crippen molar-refractivity contribution in [3.63, 3.8) is 0 Å². The van der Waals surface area contributed by atoms with E-state index in [2.05, 4.69) is 52.2 Å².